The first-order valence-electron chi connectivity index (χ1n) is 4.95. The Balaban J connectivity index is 2.81. The highest BCUT2D eigenvalue weighted by atomic mass is 15.1. The molecule has 0 spiro atoms. The maximum atomic E-state index is 5.57. The topological polar surface area (TPSA) is 89.8 Å². The van der Waals surface area contributed by atoms with E-state index in [4.69, 9.17) is 11.5 Å². The molecule has 0 fully saturated rings. The van der Waals surface area contributed by atoms with Gasteiger partial charge >= 0.3 is 0 Å². The van der Waals surface area contributed by atoms with Crippen molar-refractivity contribution < 1.29 is 0 Å². The summed E-state index contributed by atoms with van der Waals surface area (Å²) in [6.07, 6.45) is 0. The Bertz CT molecular complexity index is 322. The van der Waals surface area contributed by atoms with Crippen molar-refractivity contribution in [3.05, 3.63) is 6.07 Å². The van der Waals surface area contributed by atoms with Crippen molar-refractivity contribution in [3.8, 4) is 0 Å². The fourth-order valence-electron chi connectivity index (χ4n) is 0.998. The highest BCUT2D eigenvalue weighted by molar-refractivity contribution is 5.48. The normalized spacial score (nSPS) is 13.6. The lowest BCUT2D eigenvalue weighted by Gasteiger charge is -2.28. The van der Waals surface area contributed by atoms with E-state index in [2.05, 4.69) is 43.0 Å². The van der Waals surface area contributed by atoms with Crippen LogP contribution >= 0.6 is 0 Å². The summed E-state index contributed by atoms with van der Waals surface area (Å²) in [7, 11) is 0. The largest absolute Gasteiger partial charge is 0.383 e. The van der Waals surface area contributed by atoms with E-state index in [0.717, 1.165) is 0 Å². The second kappa shape index (κ2) is 3.92. The highest BCUT2D eigenvalue weighted by Crippen LogP contribution is 2.22. The average Bonchev–Trinajstić information content (AvgIpc) is 1.99. The molecule has 15 heavy (non-hydrogen) atoms. The molecular weight excluding hydrogens is 190 g/mol. The fraction of sp³-hybridized carbons (Fsp3) is 0.600. The Morgan fingerprint density at radius 3 is 2.33 bits per heavy atom. The lowest BCUT2D eigenvalue weighted by Crippen LogP contribution is -2.31. The summed E-state index contributed by atoms with van der Waals surface area (Å²) in [6, 6.07) is 1.95. The van der Waals surface area contributed by atoms with Gasteiger partial charge in [0.05, 0.1) is 0 Å². The van der Waals surface area contributed by atoms with Crippen molar-refractivity contribution in [2.75, 3.05) is 16.8 Å². The summed E-state index contributed by atoms with van der Waals surface area (Å²) in [5.74, 6) is 1.24. The maximum Gasteiger partial charge on any atom is 0.223 e. The van der Waals surface area contributed by atoms with Crippen LogP contribution in [0.3, 0.4) is 0 Å². The Morgan fingerprint density at radius 2 is 1.87 bits per heavy atom. The van der Waals surface area contributed by atoms with Gasteiger partial charge in [0.2, 0.25) is 5.95 Å². The Kier molecular flexibility index (Phi) is 3.02. The van der Waals surface area contributed by atoms with Gasteiger partial charge in [-0.3, -0.25) is 0 Å². The second-order valence-corrected chi connectivity index (χ2v) is 4.77. The van der Waals surface area contributed by atoms with Crippen LogP contribution in [0.2, 0.25) is 0 Å². The molecule has 84 valence electrons. The third kappa shape index (κ3) is 3.27. The lowest BCUT2D eigenvalue weighted by molar-refractivity contribution is 0.359. The minimum absolute atomic E-state index is 0.147. The van der Waals surface area contributed by atoms with E-state index in [1.165, 1.54) is 0 Å². The Morgan fingerprint density at radius 1 is 1.27 bits per heavy atom. The number of nitrogens with zero attached hydrogens (tertiary/aromatic N) is 2. The summed E-state index contributed by atoms with van der Waals surface area (Å²) in [6.45, 7) is 8.55. The molecule has 0 aromatic carbocycles. The van der Waals surface area contributed by atoms with Crippen LogP contribution in [0.4, 0.5) is 17.6 Å². The molecule has 1 rings (SSSR count). The predicted molar refractivity (Wildman–Crippen MR) is 63.4 cm³/mol. The van der Waals surface area contributed by atoms with Gasteiger partial charge in [0, 0.05) is 12.1 Å². The second-order valence-electron chi connectivity index (χ2n) is 4.77. The minimum Gasteiger partial charge on any atom is -0.383 e. The van der Waals surface area contributed by atoms with E-state index in [1.807, 2.05) is 0 Å². The van der Waals surface area contributed by atoms with Crippen molar-refractivity contribution in [2.45, 2.75) is 33.7 Å². The van der Waals surface area contributed by atoms with E-state index in [0.29, 0.717) is 11.6 Å². The molecule has 5 heteroatoms. The number of anilines is 3. The molecule has 1 aromatic heterocycles. The number of rotatable bonds is 2. The summed E-state index contributed by atoms with van der Waals surface area (Å²) in [4.78, 5) is 7.87. The molecular formula is C10H19N5. The van der Waals surface area contributed by atoms with Gasteiger partial charge < -0.3 is 16.8 Å². The number of nitrogens with two attached hydrogens (primary N) is 2. The van der Waals surface area contributed by atoms with Gasteiger partial charge in [-0.05, 0) is 12.3 Å². The molecule has 5 N–H and O–H groups in total. The standard InChI is InChI=1S/C10H19N5/c1-6(10(2,3)4)13-8-5-7(11)14-9(12)15-8/h5-6H,1-4H3,(H5,11,12,13,14,15). The molecule has 0 aliphatic heterocycles. The van der Waals surface area contributed by atoms with Gasteiger partial charge in [0.15, 0.2) is 0 Å². The number of hydrogen-bond acceptors (Lipinski definition) is 5. The zero-order valence-electron chi connectivity index (χ0n) is 9.70. The number of nitrogens with one attached hydrogen (secondary N) is 1. The first kappa shape index (κ1) is 11.6. The summed E-state index contributed by atoms with van der Waals surface area (Å²) in [5, 5.41) is 3.25. The van der Waals surface area contributed by atoms with E-state index >= 15 is 0 Å². The van der Waals surface area contributed by atoms with E-state index < -0.39 is 0 Å². The molecule has 0 radical (unpaired) electrons. The molecule has 0 bridgehead atoms. The zero-order chi connectivity index (χ0) is 11.6. The van der Waals surface area contributed by atoms with Crippen LogP contribution < -0.4 is 16.8 Å². The van der Waals surface area contributed by atoms with Crippen LogP contribution in [0.1, 0.15) is 27.7 Å². The molecule has 1 heterocycles. The first-order valence-corrected chi connectivity index (χ1v) is 4.95. The summed E-state index contributed by atoms with van der Waals surface area (Å²) in [5.41, 5.74) is 11.2. The number of aromatic nitrogens is 2. The molecule has 5 nitrogen and oxygen atoms in total. The number of nitrogen functional groups attached to an aromatic ring is 2. The molecule has 1 aromatic rings. The monoisotopic (exact) mass is 209 g/mol. The van der Waals surface area contributed by atoms with E-state index in [-0.39, 0.29) is 17.4 Å². The average molecular weight is 209 g/mol. The summed E-state index contributed by atoms with van der Waals surface area (Å²) >= 11 is 0. The fourth-order valence-corrected chi connectivity index (χ4v) is 0.998. The molecule has 1 atom stereocenters. The smallest absolute Gasteiger partial charge is 0.223 e. The van der Waals surface area contributed by atoms with Gasteiger partial charge in [-0.15, -0.1) is 0 Å². The highest BCUT2D eigenvalue weighted by Gasteiger charge is 2.20. The third-order valence-corrected chi connectivity index (χ3v) is 2.43. The minimum atomic E-state index is 0.147. The number of hydrogen-bond donors (Lipinski definition) is 3. The Hall–Kier alpha value is -1.52. The van der Waals surface area contributed by atoms with Crippen LogP contribution in [0, 0.1) is 5.41 Å². The Labute approximate surface area is 90.3 Å². The van der Waals surface area contributed by atoms with Crippen molar-refractivity contribution in [3.63, 3.8) is 0 Å². The van der Waals surface area contributed by atoms with Crippen molar-refractivity contribution in [1.29, 1.82) is 0 Å². The van der Waals surface area contributed by atoms with Crippen molar-refractivity contribution in [1.82, 2.24) is 9.97 Å². The first-order chi connectivity index (χ1) is 6.79. The quantitative estimate of drug-likeness (QED) is 0.686. The molecule has 0 aliphatic rings. The van der Waals surface area contributed by atoms with Gasteiger partial charge in [0.1, 0.15) is 11.6 Å². The molecule has 1 unspecified atom stereocenters. The van der Waals surface area contributed by atoms with Crippen molar-refractivity contribution >= 4 is 17.6 Å². The van der Waals surface area contributed by atoms with Crippen LogP contribution in [-0.2, 0) is 0 Å². The van der Waals surface area contributed by atoms with Gasteiger partial charge in [-0.2, -0.15) is 9.97 Å². The lowest BCUT2D eigenvalue weighted by atomic mass is 9.88. The van der Waals surface area contributed by atoms with Crippen LogP contribution in [0.5, 0.6) is 0 Å². The SMILES string of the molecule is CC(Nc1cc(N)nc(N)n1)C(C)(C)C. The predicted octanol–water partition coefficient (Wildman–Crippen LogP) is 1.49. The van der Waals surface area contributed by atoms with Crippen molar-refractivity contribution in [2.24, 2.45) is 5.41 Å². The molecule has 0 saturated carbocycles. The zero-order valence-corrected chi connectivity index (χ0v) is 9.70. The van der Waals surface area contributed by atoms with Crippen LogP contribution in [0.25, 0.3) is 0 Å². The van der Waals surface area contributed by atoms with Gasteiger partial charge in [0.25, 0.3) is 0 Å². The maximum absolute atomic E-state index is 5.57. The van der Waals surface area contributed by atoms with E-state index in [1.54, 1.807) is 6.07 Å². The molecule has 0 aliphatic carbocycles. The van der Waals surface area contributed by atoms with Gasteiger partial charge in [-0.25, -0.2) is 0 Å². The third-order valence-electron chi connectivity index (χ3n) is 2.43. The molecule has 0 amide bonds. The summed E-state index contributed by atoms with van der Waals surface area (Å²) < 4.78 is 0. The molecule has 0 saturated heterocycles. The van der Waals surface area contributed by atoms with Crippen LogP contribution in [0.15, 0.2) is 6.07 Å². The van der Waals surface area contributed by atoms with Crippen LogP contribution in [-0.4, -0.2) is 16.0 Å². The van der Waals surface area contributed by atoms with E-state index in [9.17, 15) is 0 Å². The van der Waals surface area contributed by atoms with Gasteiger partial charge in [-0.1, -0.05) is 20.8 Å².